The zero-order valence-corrected chi connectivity index (χ0v) is 30.5. The molecule has 2 aromatic heterocycles. The summed E-state index contributed by atoms with van der Waals surface area (Å²) >= 11 is 0. The number of benzene rings is 5. The molecular weight excluding hydrogens is 785 g/mol. The minimum absolute atomic E-state index is 0. The van der Waals surface area contributed by atoms with Gasteiger partial charge < -0.3 is 9.97 Å². The molecule has 3 heteroatoms. The van der Waals surface area contributed by atoms with Crippen molar-refractivity contribution < 1.29 is 29.7 Å². The molecule has 0 unspecified atom stereocenters. The van der Waals surface area contributed by atoms with E-state index in [-0.39, 0.29) is 31.2 Å². The molecule has 5 aromatic carbocycles. The summed E-state index contributed by atoms with van der Waals surface area (Å²) in [5, 5.41) is 7.06. The van der Waals surface area contributed by atoms with E-state index in [9.17, 15) is 1.37 Å². The Morgan fingerprint density at radius 1 is 0.640 bits per heavy atom. The van der Waals surface area contributed by atoms with E-state index in [4.69, 9.17) is 8.22 Å². The van der Waals surface area contributed by atoms with E-state index in [1.165, 1.54) is 66.0 Å². The molecule has 50 heavy (non-hydrogen) atoms. The monoisotopic (exact) mass is 836 g/mol. The van der Waals surface area contributed by atoms with Crippen molar-refractivity contribution in [3.05, 3.63) is 144 Å². The van der Waals surface area contributed by atoms with E-state index in [2.05, 4.69) is 76.7 Å². The first kappa shape index (κ1) is 26.6. The van der Waals surface area contributed by atoms with E-state index >= 15 is 0 Å². The molecule has 2 saturated carbocycles. The second-order valence-corrected chi connectivity index (χ2v) is 13.8. The predicted octanol–water partition coefficient (Wildman–Crippen LogP) is 12.8. The topological polar surface area (TPSA) is 25.8 Å². The standard InChI is InChI=1S/C35H34N.C12H10N.Ir/c1-24-23-36-34(22-32(24)25-15-19-35(20-16-25)17-7-2-8-18-35)26-13-14-31-29-11-4-3-9-27(29)28-10-5-6-12-30(28)33(31)21-26;1-10-7-8-12(13-9-10)11-5-3-2-4-6-11;/h3-6,9-12,14,21-23,25H,2,7-8,15-20H2,1H3;2-5,7-9H,1H3;/q2*-1;/i1D3,25D;1D3;. The van der Waals surface area contributed by atoms with Crippen molar-refractivity contribution >= 4 is 32.3 Å². The zero-order valence-electron chi connectivity index (χ0n) is 35.1. The summed E-state index contributed by atoms with van der Waals surface area (Å²) in [7, 11) is 0. The molecule has 0 atom stereocenters. The Labute approximate surface area is 320 Å². The van der Waals surface area contributed by atoms with E-state index in [0.29, 0.717) is 29.5 Å². The average molecular weight is 836 g/mol. The zero-order chi connectivity index (χ0) is 39.1. The van der Waals surface area contributed by atoms with Crippen LogP contribution in [0.2, 0.25) is 0 Å². The first-order valence-electron chi connectivity index (χ1n) is 21.0. The second-order valence-electron chi connectivity index (χ2n) is 13.8. The minimum atomic E-state index is -2.31. The van der Waals surface area contributed by atoms with Crippen LogP contribution in [-0.4, -0.2) is 9.97 Å². The van der Waals surface area contributed by atoms with Gasteiger partial charge in [-0.15, -0.1) is 59.7 Å². The SMILES string of the molecule is [2H]C([2H])([2H])c1ccc(-c2[c-]cccc2)nc1.[2H]C([2H])([2H])c1cnc(-c2[c-]cc3c4ccccc4c4ccccc4c3c2)cc1C1([2H])CCC2(CCCCC2)CC1.[Ir]. The molecule has 0 N–H and O–H groups in total. The van der Waals surface area contributed by atoms with E-state index in [1.54, 1.807) is 18.2 Å². The maximum atomic E-state index is 9.58. The number of aromatic nitrogens is 2. The summed E-state index contributed by atoms with van der Waals surface area (Å²) < 4.78 is 56.1. The van der Waals surface area contributed by atoms with Crippen molar-refractivity contribution in [2.75, 3.05) is 0 Å². The van der Waals surface area contributed by atoms with E-state index < -0.39 is 19.6 Å². The first-order valence-corrected chi connectivity index (χ1v) is 17.5. The number of fused-ring (bicyclic) bond motifs is 6. The largest absolute Gasteiger partial charge is 0.304 e. The van der Waals surface area contributed by atoms with Crippen LogP contribution < -0.4 is 0 Å². The van der Waals surface area contributed by atoms with Crippen LogP contribution in [0.1, 0.15) is 90.0 Å². The summed E-state index contributed by atoms with van der Waals surface area (Å²) in [5.74, 6) is -0.913. The number of nitrogens with zero attached hydrogens (tertiary/aromatic N) is 2. The molecule has 2 aliphatic rings. The maximum absolute atomic E-state index is 9.58. The molecule has 1 spiro atoms. The number of hydrogen-bond donors (Lipinski definition) is 0. The number of rotatable bonds is 3. The van der Waals surface area contributed by atoms with Gasteiger partial charge in [0.2, 0.25) is 0 Å². The van der Waals surface area contributed by atoms with Crippen LogP contribution in [0.3, 0.4) is 0 Å². The van der Waals surface area contributed by atoms with Gasteiger partial charge in [-0.05, 0) is 108 Å². The molecule has 7 aromatic rings. The Morgan fingerprint density at radius 3 is 1.96 bits per heavy atom. The fourth-order valence-corrected chi connectivity index (χ4v) is 8.14. The molecule has 2 heterocycles. The van der Waals surface area contributed by atoms with Crippen molar-refractivity contribution in [2.45, 2.75) is 77.4 Å². The Kier molecular flexibility index (Phi) is 7.97. The third-order valence-corrected chi connectivity index (χ3v) is 10.8. The number of hydrogen-bond acceptors (Lipinski definition) is 2. The molecular formula is C47H44IrN2-2. The number of aryl methyl sites for hydroxylation is 2. The molecule has 0 amide bonds. The molecule has 2 aliphatic carbocycles. The minimum Gasteiger partial charge on any atom is -0.304 e. The van der Waals surface area contributed by atoms with Gasteiger partial charge in [-0.1, -0.05) is 102 Å². The van der Waals surface area contributed by atoms with Gasteiger partial charge in [0.05, 0.1) is 0 Å². The number of pyridine rings is 2. The third kappa shape index (κ3) is 6.91. The van der Waals surface area contributed by atoms with Crippen LogP contribution in [0.25, 0.3) is 54.8 Å². The molecule has 0 aliphatic heterocycles. The summed E-state index contributed by atoms with van der Waals surface area (Å²) in [6, 6.07) is 40.3. The van der Waals surface area contributed by atoms with E-state index in [1.807, 2.05) is 30.3 Å². The molecule has 9 rings (SSSR count). The van der Waals surface area contributed by atoms with Crippen LogP contribution in [0.15, 0.2) is 116 Å². The van der Waals surface area contributed by atoms with Gasteiger partial charge in [0.25, 0.3) is 0 Å². The van der Waals surface area contributed by atoms with E-state index in [0.717, 1.165) is 40.4 Å². The van der Waals surface area contributed by atoms with Crippen LogP contribution in [0.4, 0.5) is 0 Å². The molecule has 1 radical (unpaired) electrons. The van der Waals surface area contributed by atoms with Crippen molar-refractivity contribution in [3.8, 4) is 22.5 Å². The smallest absolute Gasteiger partial charge is 0.0352 e. The van der Waals surface area contributed by atoms with Gasteiger partial charge in [0, 0.05) is 42.1 Å². The second kappa shape index (κ2) is 15.0. The van der Waals surface area contributed by atoms with Gasteiger partial charge >= 0.3 is 0 Å². The van der Waals surface area contributed by atoms with Crippen molar-refractivity contribution in [1.82, 2.24) is 9.97 Å². The van der Waals surface area contributed by atoms with Crippen LogP contribution in [0.5, 0.6) is 0 Å². The van der Waals surface area contributed by atoms with Crippen molar-refractivity contribution in [3.63, 3.8) is 0 Å². The summed E-state index contributed by atoms with van der Waals surface area (Å²) in [6.45, 7) is -4.40. The van der Waals surface area contributed by atoms with Gasteiger partial charge in [-0.25, -0.2) is 0 Å². The van der Waals surface area contributed by atoms with Crippen LogP contribution in [0, 0.1) is 31.3 Å². The fraction of sp³-hybridized carbons (Fsp3) is 0.277. The quantitative estimate of drug-likeness (QED) is 0.131. The van der Waals surface area contributed by atoms with Gasteiger partial charge in [0.1, 0.15) is 0 Å². The average Bonchev–Trinajstić information content (AvgIpc) is 3.22. The Balaban J connectivity index is 0.000000246. The molecule has 0 saturated heterocycles. The summed E-state index contributed by atoms with van der Waals surface area (Å²) in [6.07, 6.45) is 12.7. The van der Waals surface area contributed by atoms with Crippen LogP contribution in [-0.2, 0) is 20.1 Å². The normalized spacial score (nSPS) is 19.0. The molecule has 0 bridgehead atoms. The third-order valence-electron chi connectivity index (χ3n) is 10.8. The molecule has 253 valence electrons. The van der Waals surface area contributed by atoms with Crippen LogP contribution >= 0.6 is 0 Å². The summed E-state index contributed by atoms with van der Waals surface area (Å²) in [5.41, 5.74) is 4.57. The fourth-order valence-electron chi connectivity index (χ4n) is 8.14. The summed E-state index contributed by atoms with van der Waals surface area (Å²) in [4.78, 5) is 8.78. The maximum Gasteiger partial charge on any atom is 0.0352 e. The van der Waals surface area contributed by atoms with Crippen molar-refractivity contribution in [2.24, 2.45) is 5.41 Å². The Hall–Kier alpha value is -4.17. The Morgan fingerprint density at radius 2 is 1.32 bits per heavy atom. The van der Waals surface area contributed by atoms with Gasteiger partial charge in [0.15, 0.2) is 0 Å². The van der Waals surface area contributed by atoms with Crippen molar-refractivity contribution in [1.29, 1.82) is 0 Å². The predicted molar refractivity (Wildman–Crippen MR) is 206 cm³/mol. The molecule has 2 nitrogen and oxygen atoms in total. The first-order chi connectivity index (χ1) is 26.8. The van der Waals surface area contributed by atoms with Gasteiger partial charge in [-0.3, -0.25) is 0 Å². The van der Waals surface area contributed by atoms with Gasteiger partial charge in [-0.2, -0.15) is 0 Å². The molecule has 2 fully saturated rings. The Bertz CT molecular complexity index is 2460.